The summed E-state index contributed by atoms with van der Waals surface area (Å²) in [5, 5.41) is 13.3. The van der Waals surface area contributed by atoms with Crippen molar-refractivity contribution in [2.75, 3.05) is 13.2 Å². The summed E-state index contributed by atoms with van der Waals surface area (Å²) in [5.74, 6) is 1.81. The zero-order valence-corrected chi connectivity index (χ0v) is 11.5. The number of aromatic nitrogens is 2. The number of nitrogens with zero attached hydrogens (tertiary/aromatic N) is 2. The summed E-state index contributed by atoms with van der Waals surface area (Å²) in [6, 6.07) is 0. The maximum absolute atomic E-state index is 9.69. The fourth-order valence-corrected chi connectivity index (χ4v) is 3.10. The molecule has 0 aliphatic heterocycles. The van der Waals surface area contributed by atoms with Crippen LogP contribution >= 0.6 is 0 Å². The minimum absolute atomic E-state index is 0.0527. The first kappa shape index (κ1) is 13.6. The zero-order valence-electron chi connectivity index (χ0n) is 11.5. The normalized spacial score (nSPS) is 28.5. The molecule has 1 fully saturated rings. The highest BCUT2D eigenvalue weighted by Crippen LogP contribution is 2.31. The molecule has 2 unspecified atom stereocenters. The molecule has 102 valence electrons. The van der Waals surface area contributed by atoms with Gasteiger partial charge in [0.1, 0.15) is 5.82 Å². The largest absolute Gasteiger partial charge is 0.394 e. The number of aliphatic hydroxyl groups excluding tert-OH is 1. The third-order valence-electron chi connectivity index (χ3n) is 4.16. The first-order valence-corrected chi connectivity index (χ1v) is 6.97. The zero-order chi connectivity index (χ0) is 13.0. The molecule has 2 atom stereocenters. The highest BCUT2D eigenvalue weighted by atomic mass is 16.3. The van der Waals surface area contributed by atoms with E-state index in [-0.39, 0.29) is 12.1 Å². The summed E-state index contributed by atoms with van der Waals surface area (Å²) in [6.45, 7) is 3.42. The number of aliphatic hydroxyl groups is 1. The van der Waals surface area contributed by atoms with Gasteiger partial charge in [0.25, 0.3) is 0 Å². The Morgan fingerprint density at radius 2 is 2.44 bits per heavy atom. The van der Waals surface area contributed by atoms with Crippen molar-refractivity contribution in [2.24, 2.45) is 13.0 Å². The van der Waals surface area contributed by atoms with Crippen molar-refractivity contribution < 1.29 is 5.11 Å². The molecular weight excluding hydrogens is 226 g/mol. The first-order chi connectivity index (χ1) is 8.65. The van der Waals surface area contributed by atoms with Gasteiger partial charge in [-0.3, -0.25) is 0 Å². The lowest BCUT2D eigenvalue weighted by atomic mass is 9.77. The molecule has 0 spiro atoms. The maximum atomic E-state index is 9.69. The van der Waals surface area contributed by atoms with Crippen molar-refractivity contribution in [1.82, 2.24) is 14.9 Å². The number of hydrogen-bond donors (Lipinski definition) is 2. The smallest absolute Gasteiger partial charge is 0.109 e. The minimum Gasteiger partial charge on any atom is -0.394 e. The molecule has 1 heterocycles. The Hall–Kier alpha value is -0.870. The molecule has 1 aliphatic carbocycles. The van der Waals surface area contributed by atoms with Crippen LogP contribution in [0, 0.1) is 5.92 Å². The summed E-state index contributed by atoms with van der Waals surface area (Å²) in [7, 11) is 2.02. The summed E-state index contributed by atoms with van der Waals surface area (Å²) < 4.78 is 2.05. The van der Waals surface area contributed by atoms with Crippen LogP contribution in [0.15, 0.2) is 12.4 Å². The molecular formula is C14H25N3O. The van der Waals surface area contributed by atoms with E-state index in [1.54, 1.807) is 0 Å². The molecule has 4 heteroatoms. The first-order valence-electron chi connectivity index (χ1n) is 6.97. The Kier molecular flexibility index (Phi) is 4.40. The Bertz CT molecular complexity index is 377. The summed E-state index contributed by atoms with van der Waals surface area (Å²) in [6.07, 6.45) is 9.41. The van der Waals surface area contributed by atoms with E-state index >= 15 is 0 Å². The number of aryl methyl sites for hydroxylation is 1. The molecule has 0 radical (unpaired) electrons. The molecule has 1 aromatic heterocycles. The van der Waals surface area contributed by atoms with E-state index in [4.69, 9.17) is 0 Å². The van der Waals surface area contributed by atoms with E-state index in [0.717, 1.165) is 31.6 Å². The topological polar surface area (TPSA) is 50.1 Å². The molecule has 0 saturated heterocycles. The van der Waals surface area contributed by atoms with Crippen molar-refractivity contribution in [2.45, 2.75) is 44.6 Å². The van der Waals surface area contributed by atoms with E-state index in [1.165, 1.54) is 12.8 Å². The molecule has 0 amide bonds. The standard InChI is InChI=1S/C14H25N3O/c1-12-4-3-6-14(10-12,11-18)16-7-5-13-15-8-9-17(13)2/h8-9,12,16,18H,3-7,10-11H2,1-2H3. The molecule has 1 aliphatic rings. The Balaban J connectivity index is 1.85. The fourth-order valence-electron chi connectivity index (χ4n) is 3.10. The van der Waals surface area contributed by atoms with Crippen molar-refractivity contribution in [1.29, 1.82) is 0 Å². The minimum atomic E-state index is -0.0527. The van der Waals surface area contributed by atoms with Crippen LogP contribution in [0.3, 0.4) is 0 Å². The summed E-state index contributed by atoms with van der Waals surface area (Å²) >= 11 is 0. The molecule has 1 saturated carbocycles. The van der Waals surface area contributed by atoms with Gasteiger partial charge in [-0.1, -0.05) is 19.8 Å². The monoisotopic (exact) mass is 251 g/mol. The van der Waals surface area contributed by atoms with Crippen LogP contribution in [0.1, 0.15) is 38.4 Å². The third-order valence-corrected chi connectivity index (χ3v) is 4.16. The SMILES string of the molecule is CC1CCCC(CO)(NCCc2nccn2C)C1. The average Bonchev–Trinajstić information content (AvgIpc) is 2.75. The molecule has 0 bridgehead atoms. The second-order valence-electron chi connectivity index (χ2n) is 5.77. The lowest BCUT2D eigenvalue weighted by Gasteiger charge is -2.39. The van der Waals surface area contributed by atoms with Crippen molar-refractivity contribution in [3.63, 3.8) is 0 Å². The lowest BCUT2D eigenvalue weighted by Crippen LogP contribution is -2.52. The van der Waals surface area contributed by atoms with E-state index < -0.39 is 0 Å². The Morgan fingerprint density at radius 3 is 3.06 bits per heavy atom. The highest BCUT2D eigenvalue weighted by Gasteiger charge is 2.33. The second kappa shape index (κ2) is 5.85. The number of rotatable bonds is 5. The van der Waals surface area contributed by atoms with Gasteiger partial charge in [0.15, 0.2) is 0 Å². The van der Waals surface area contributed by atoms with E-state index in [1.807, 2.05) is 19.4 Å². The Labute approximate surface area is 109 Å². The number of imidazole rings is 1. The van der Waals surface area contributed by atoms with Gasteiger partial charge in [-0.2, -0.15) is 0 Å². The van der Waals surface area contributed by atoms with Crippen molar-refractivity contribution in [3.05, 3.63) is 18.2 Å². The van der Waals surface area contributed by atoms with Crippen LogP contribution in [-0.4, -0.2) is 33.3 Å². The second-order valence-corrected chi connectivity index (χ2v) is 5.77. The van der Waals surface area contributed by atoms with Crippen LogP contribution in [0.25, 0.3) is 0 Å². The van der Waals surface area contributed by atoms with Crippen molar-refractivity contribution in [3.8, 4) is 0 Å². The van der Waals surface area contributed by atoms with Gasteiger partial charge in [-0.15, -0.1) is 0 Å². The summed E-state index contributed by atoms with van der Waals surface area (Å²) in [5.41, 5.74) is -0.0527. The molecule has 0 aromatic carbocycles. The van der Waals surface area contributed by atoms with Gasteiger partial charge < -0.3 is 15.0 Å². The van der Waals surface area contributed by atoms with Gasteiger partial charge in [0.2, 0.25) is 0 Å². The highest BCUT2D eigenvalue weighted by molar-refractivity contribution is 4.95. The van der Waals surface area contributed by atoms with E-state index in [9.17, 15) is 5.11 Å². The van der Waals surface area contributed by atoms with Crippen LogP contribution in [0.2, 0.25) is 0 Å². The van der Waals surface area contributed by atoms with Gasteiger partial charge in [0.05, 0.1) is 6.61 Å². The van der Waals surface area contributed by atoms with Gasteiger partial charge >= 0.3 is 0 Å². The van der Waals surface area contributed by atoms with Crippen LogP contribution < -0.4 is 5.32 Å². The molecule has 2 rings (SSSR count). The quantitative estimate of drug-likeness (QED) is 0.833. The van der Waals surface area contributed by atoms with Gasteiger partial charge in [-0.25, -0.2) is 4.98 Å². The molecule has 2 N–H and O–H groups in total. The van der Waals surface area contributed by atoms with E-state index in [2.05, 4.69) is 21.8 Å². The number of hydrogen-bond acceptors (Lipinski definition) is 3. The maximum Gasteiger partial charge on any atom is 0.109 e. The fraction of sp³-hybridized carbons (Fsp3) is 0.786. The van der Waals surface area contributed by atoms with Crippen LogP contribution in [-0.2, 0) is 13.5 Å². The van der Waals surface area contributed by atoms with E-state index in [0.29, 0.717) is 5.92 Å². The Morgan fingerprint density at radius 1 is 1.61 bits per heavy atom. The van der Waals surface area contributed by atoms with Crippen LogP contribution in [0.5, 0.6) is 0 Å². The van der Waals surface area contributed by atoms with Crippen molar-refractivity contribution >= 4 is 0 Å². The molecule has 18 heavy (non-hydrogen) atoms. The lowest BCUT2D eigenvalue weighted by molar-refractivity contribution is 0.100. The average molecular weight is 251 g/mol. The van der Waals surface area contributed by atoms with Gasteiger partial charge in [0, 0.05) is 37.9 Å². The third kappa shape index (κ3) is 3.12. The number of nitrogens with one attached hydrogen (secondary N) is 1. The predicted octanol–water partition coefficient (Wildman–Crippen LogP) is 1.49. The summed E-state index contributed by atoms with van der Waals surface area (Å²) in [4.78, 5) is 4.32. The van der Waals surface area contributed by atoms with Gasteiger partial charge in [-0.05, 0) is 18.8 Å². The molecule has 1 aromatic rings. The van der Waals surface area contributed by atoms with Crippen LogP contribution in [0.4, 0.5) is 0 Å². The molecule has 4 nitrogen and oxygen atoms in total. The predicted molar refractivity (Wildman–Crippen MR) is 72.4 cm³/mol.